The van der Waals surface area contributed by atoms with Gasteiger partial charge in [-0.05, 0) is 18.2 Å². The van der Waals surface area contributed by atoms with E-state index in [2.05, 4.69) is 19.7 Å². The highest BCUT2D eigenvalue weighted by atomic mass is 35.5. The number of rotatable bonds is 6. The summed E-state index contributed by atoms with van der Waals surface area (Å²) < 4.78 is 64.0. The highest BCUT2D eigenvalue weighted by molar-refractivity contribution is 7.92. The molecule has 3 heterocycles. The molecule has 0 fully saturated rings. The van der Waals surface area contributed by atoms with E-state index in [-0.39, 0.29) is 28.1 Å². The van der Waals surface area contributed by atoms with Crippen LogP contribution in [0.1, 0.15) is 17.4 Å². The van der Waals surface area contributed by atoms with Gasteiger partial charge < -0.3 is 9.14 Å². The monoisotopic (exact) mass is 493 g/mol. The SMILES string of the molecule is COc1ncc(Cl)cc1S(=O)(=O)Nc1ccc(F)c(-c2cn3cnc(C(C)=O)c3cn2)c1F. The summed E-state index contributed by atoms with van der Waals surface area (Å²) in [5, 5.41) is 0.0132. The van der Waals surface area contributed by atoms with Gasteiger partial charge in [0.2, 0.25) is 5.88 Å². The molecule has 0 aliphatic carbocycles. The number of carbonyl (C=O) groups excluding carboxylic acids is 1. The molecule has 0 unspecified atom stereocenters. The third-order valence-electron chi connectivity index (χ3n) is 4.61. The molecule has 9 nitrogen and oxygen atoms in total. The number of pyridine rings is 1. The van der Waals surface area contributed by atoms with Gasteiger partial charge in [0, 0.05) is 19.3 Å². The van der Waals surface area contributed by atoms with Crippen LogP contribution in [0.2, 0.25) is 5.02 Å². The molecule has 13 heteroatoms. The number of anilines is 1. The summed E-state index contributed by atoms with van der Waals surface area (Å²) in [6.45, 7) is 1.33. The van der Waals surface area contributed by atoms with Crippen LogP contribution in [0.4, 0.5) is 14.5 Å². The Bertz CT molecular complexity index is 1520. The number of fused-ring (bicyclic) bond motifs is 1. The molecule has 0 aliphatic rings. The van der Waals surface area contributed by atoms with Crippen LogP contribution < -0.4 is 9.46 Å². The molecular weight excluding hydrogens is 480 g/mol. The summed E-state index contributed by atoms with van der Waals surface area (Å²) in [5.41, 5.74) is -0.755. The van der Waals surface area contributed by atoms with Crippen LogP contribution in [0.25, 0.3) is 16.8 Å². The molecule has 0 bridgehead atoms. The molecule has 0 spiro atoms. The van der Waals surface area contributed by atoms with E-state index in [4.69, 9.17) is 16.3 Å². The standard InChI is InChI=1S/C20H14ClF2N5O4S/c1-10(29)19-15-7-24-14(8-28(15)9-26-19)17-12(22)3-4-13(18(17)23)27-33(30,31)16-5-11(21)6-25-20(16)32-2/h3-9,27H,1-2H3. The van der Waals surface area contributed by atoms with E-state index in [0.29, 0.717) is 5.52 Å². The van der Waals surface area contributed by atoms with Crippen LogP contribution in [-0.2, 0) is 10.0 Å². The Hall–Kier alpha value is -3.64. The molecule has 4 aromatic rings. The second-order valence-electron chi connectivity index (χ2n) is 6.76. The third-order valence-corrected chi connectivity index (χ3v) is 6.18. The average Bonchev–Trinajstić information content (AvgIpc) is 3.19. The minimum atomic E-state index is -4.41. The largest absolute Gasteiger partial charge is 0.480 e. The molecule has 0 saturated carbocycles. The Kier molecular flexibility index (Phi) is 5.72. The Morgan fingerprint density at radius 2 is 1.94 bits per heavy atom. The van der Waals surface area contributed by atoms with Crippen molar-refractivity contribution in [1.29, 1.82) is 0 Å². The fourth-order valence-corrected chi connectivity index (χ4v) is 4.54. The molecule has 0 radical (unpaired) electrons. The maximum atomic E-state index is 15.3. The molecule has 4 rings (SSSR count). The Balaban J connectivity index is 1.79. The zero-order chi connectivity index (χ0) is 23.9. The van der Waals surface area contributed by atoms with Crippen molar-refractivity contribution < 1.29 is 26.7 Å². The molecule has 3 aromatic heterocycles. The number of ether oxygens (including phenoxy) is 1. The van der Waals surface area contributed by atoms with Crippen molar-refractivity contribution in [2.75, 3.05) is 11.8 Å². The number of halogens is 3. The molecule has 0 saturated heterocycles. The van der Waals surface area contributed by atoms with Crippen LogP contribution in [0, 0.1) is 11.6 Å². The lowest BCUT2D eigenvalue weighted by atomic mass is 10.1. The molecule has 1 aromatic carbocycles. The first-order valence-corrected chi connectivity index (χ1v) is 11.0. The van der Waals surface area contributed by atoms with Gasteiger partial charge in [0.05, 0.1) is 40.8 Å². The van der Waals surface area contributed by atoms with Crippen LogP contribution in [-0.4, -0.2) is 40.7 Å². The van der Waals surface area contributed by atoms with Crippen LogP contribution in [0.5, 0.6) is 5.88 Å². The van der Waals surface area contributed by atoms with Crippen LogP contribution >= 0.6 is 11.6 Å². The Labute approximate surface area is 191 Å². The normalized spacial score (nSPS) is 11.5. The number of nitrogens with zero attached hydrogens (tertiary/aromatic N) is 4. The summed E-state index contributed by atoms with van der Waals surface area (Å²) in [5.74, 6) is -2.74. The number of aromatic nitrogens is 4. The van der Waals surface area contributed by atoms with Gasteiger partial charge >= 0.3 is 0 Å². The van der Waals surface area contributed by atoms with Gasteiger partial charge in [-0.15, -0.1) is 0 Å². The van der Waals surface area contributed by atoms with E-state index in [1.165, 1.54) is 43.4 Å². The van der Waals surface area contributed by atoms with Gasteiger partial charge in [-0.3, -0.25) is 14.5 Å². The number of imidazole rings is 1. The van der Waals surface area contributed by atoms with Crippen molar-refractivity contribution in [2.45, 2.75) is 11.8 Å². The van der Waals surface area contributed by atoms with Crippen molar-refractivity contribution in [3.05, 3.63) is 65.5 Å². The minimum Gasteiger partial charge on any atom is -0.480 e. The van der Waals surface area contributed by atoms with Crippen LogP contribution in [0.15, 0.2) is 48.0 Å². The second-order valence-corrected chi connectivity index (χ2v) is 8.85. The minimum absolute atomic E-state index is 0.0132. The van der Waals surface area contributed by atoms with Crippen molar-refractivity contribution in [1.82, 2.24) is 19.4 Å². The van der Waals surface area contributed by atoms with E-state index >= 15 is 4.39 Å². The zero-order valence-electron chi connectivity index (χ0n) is 17.0. The molecule has 0 atom stereocenters. The smallest absolute Gasteiger partial charge is 0.267 e. The summed E-state index contributed by atoms with van der Waals surface area (Å²) >= 11 is 5.84. The Morgan fingerprint density at radius 3 is 2.64 bits per heavy atom. The predicted molar refractivity (Wildman–Crippen MR) is 115 cm³/mol. The maximum Gasteiger partial charge on any atom is 0.267 e. The molecule has 1 N–H and O–H groups in total. The lowest BCUT2D eigenvalue weighted by molar-refractivity contribution is 0.101. The van der Waals surface area contributed by atoms with Gasteiger partial charge in [-0.25, -0.2) is 27.2 Å². The molecule has 170 valence electrons. The van der Waals surface area contributed by atoms with Crippen molar-refractivity contribution in [2.24, 2.45) is 0 Å². The molecule has 0 amide bonds. The van der Waals surface area contributed by atoms with E-state index in [0.717, 1.165) is 18.2 Å². The van der Waals surface area contributed by atoms with Gasteiger partial charge in [0.15, 0.2) is 16.5 Å². The summed E-state index contributed by atoms with van der Waals surface area (Å²) in [6.07, 6.45) is 5.01. The molecule has 33 heavy (non-hydrogen) atoms. The van der Waals surface area contributed by atoms with Gasteiger partial charge in [0.25, 0.3) is 10.0 Å². The van der Waals surface area contributed by atoms with Gasteiger partial charge in [-0.1, -0.05) is 11.6 Å². The topological polar surface area (TPSA) is 116 Å². The van der Waals surface area contributed by atoms with E-state index in [1.807, 2.05) is 0 Å². The Morgan fingerprint density at radius 1 is 1.18 bits per heavy atom. The maximum absolute atomic E-state index is 15.3. The number of nitrogens with one attached hydrogen (secondary N) is 1. The van der Waals surface area contributed by atoms with Gasteiger partial charge in [-0.2, -0.15) is 0 Å². The number of ketones is 1. The second kappa shape index (κ2) is 8.37. The molecule has 0 aliphatic heterocycles. The fourth-order valence-electron chi connectivity index (χ4n) is 3.12. The number of benzene rings is 1. The predicted octanol–water partition coefficient (Wildman–Crippen LogP) is 3.73. The number of carbonyl (C=O) groups is 1. The van der Waals surface area contributed by atoms with E-state index in [1.54, 1.807) is 0 Å². The van der Waals surface area contributed by atoms with Crippen molar-refractivity contribution in [3.8, 4) is 17.1 Å². The number of sulfonamides is 1. The van der Waals surface area contributed by atoms with E-state index in [9.17, 15) is 17.6 Å². The van der Waals surface area contributed by atoms with Gasteiger partial charge in [0.1, 0.15) is 17.8 Å². The quantitative estimate of drug-likeness (QED) is 0.407. The summed E-state index contributed by atoms with van der Waals surface area (Å²) in [6, 6.07) is 2.91. The first-order valence-electron chi connectivity index (χ1n) is 9.16. The number of hydrogen-bond donors (Lipinski definition) is 1. The highest BCUT2D eigenvalue weighted by Gasteiger charge is 2.25. The lowest BCUT2D eigenvalue weighted by Gasteiger charge is -2.14. The van der Waals surface area contributed by atoms with Crippen molar-refractivity contribution in [3.63, 3.8) is 0 Å². The van der Waals surface area contributed by atoms with E-state index < -0.39 is 37.8 Å². The number of hydrogen-bond acceptors (Lipinski definition) is 7. The van der Waals surface area contributed by atoms with Crippen LogP contribution in [0.3, 0.4) is 0 Å². The zero-order valence-corrected chi connectivity index (χ0v) is 18.6. The average molecular weight is 494 g/mol. The fraction of sp³-hybridized carbons (Fsp3) is 0.100. The number of Topliss-reactive ketones (excluding diaryl/α,β-unsaturated/α-hetero) is 1. The molecular formula is C20H14ClF2N5O4S. The third kappa shape index (κ3) is 4.10. The highest BCUT2D eigenvalue weighted by Crippen LogP contribution is 2.32. The first kappa shape index (κ1) is 22.6. The summed E-state index contributed by atoms with van der Waals surface area (Å²) in [4.78, 5) is 23.0. The van der Waals surface area contributed by atoms with Crippen molar-refractivity contribution >= 4 is 38.6 Å². The first-order chi connectivity index (χ1) is 15.6. The number of methoxy groups -OCH3 is 1. The summed E-state index contributed by atoms with van der Waals surface area (Å²) in [7, 11) is -3.20. The lowest BCUT2D eigenvalue weighted by Crippen LogP contribution is -2.16.